The highest BCUT2D eigenvalue weighted by Gasteiger charge is 2.40. The molecular weight excluding hydrogens is 278 g/mol. The molecule has 0 bridgehead atoms. The summed E-state index contributed by atoms with van der Waals surface area (Å²) in [4.78, 5) is 0. The van der Waals surface area contributed by atoms with Gasteiger partial charge in [-0.2, -0.15) is 0 Å². The summed E-state index contributed by atoms with van der Waals surface area (Å²) in [6.07, 6.45) is 2.94. The van der Waals surface area contributed by atoms with Crippen LogP contribution in [0.4, 0.5) is 0 Å². The number of sulfonamides is 1. The van der Waals surface area contributed by atoms with Crippen LogP contribution in [-0.4, -0.2) is 38.3 Å². The fraction of sp³-hybridized carbons (Fsp3) is 0.923. The number of amidine groups is 1. The molecule has 0 aliphatic heterocycles. The van der Waals surface area contributed by atoms with E-state index in [1.165, 1.54) is 0 Å². The lowest BCUT2D eigenvalue weighted by Crippen LogP contribution is -2.59. The van der Waals surface area contributed by atoms with Gasteiger partial charge in [0.15, 0.2) is 0 Å². The Bertz CT molecular complexity index is 426. The monoisotopic (exact) mass is 305 g/mol. The molecule has 0 radical (unpaired) electrons. The van der Waals surface area contributed by atoms with Crippen molar-refractivity contribution in [1.29, 1.82) is 5.41 Å². The Kier molecular flexibility index (Phi) is 5.97. The molecule has 4 N–H and O–H groups in total. The Morgan fingerprint density at radius 1 is 1.45 bits per heavy atom. The molecule has 20 heavy (non-hydrogen) atoms. The number of nitrogens with one attached hydrogen (secondary N) is 2. The molecular formula is C13H27N3O3S. The van der Waals surface area contributed by atoms with Crippen molar-refractivity contribution in [1.82, 2.24) is 4.72 Å². The molecule has 1 aliphatic carbocycles. The highest BCUT2D eigenvalue weighted by atomic mass is 32.2. The smallest absolute Gasteiger partial charge is 0.214 e. The molecule has 0 atom stereocenters. The van der Waals surface area contributed by atoms with Crippen molar-refractivity contribution in [2.75, 3.05) is 12.4 Å². The van der Waals surface area contributed by atoms with E-state index >= 15 is 0 Å². The molecule has 6 nitrogen and oxygen atoms in total. The molecule has 1 rings (SSSR count). The van der Waals surface area contributed by atoms with Gasteiger partial charge in [0.05, 0.1) is 24.0 Å². The first kappa shape index (κ1) is 17.4. The van der Waals surface area contributed by atoms with Gasteiger partial charge in [-0.25, -0.2) is 13.1 Å². The predicted octanol–water partition coefficient (Wildman–Crippen LogP) is 1.22. The van der Waals surface area contributed by atoms with Gasteiger partial charge in [0.2, 0.25) is 10.0 Å². The van der Waals surface area contributed by atoms with Crippen molar-refractivity contribution in [2.24, 2.45) is 11.7 Å². The van der Waals surface area contributed by atoms with E-state index in [0.717, 1.165) is 12.8 Å². The van der Waals surface area contributed by atoms with E-state index < -0.39 is 15.6 Å². The first-order valence-corrected chi connectivity index (χ1v) is 8.80. The maximum absolute atomic E-state index is 12.1. The molecule has 118 valence electrons. The zero-order valence-corrected chi connectivity index (χ0v) is 13.4. The summed E-state index contributed by atoms with van der Waals surface area (Å²) in [5, 5.41) is 7.75. The molecule has 7 heteroatoms. The molecule has 0 unspecified atom stereocenters. The Morgan fingerprint density at radius 2 is 2.00 bits per heavy atom. The number of nitrogens with two attached hydrogens (primary N) is 1. The van der Waals surface area contributed by atoms with Crippen molar-refractivity contribution in [3.05, 3.63) is 0 Å². The Morgan fingerprint density at radius 3 is 2.45 bits per heavy atom. The van der Waals surface area contributed by atoms with E-state index in [9.17, 15) is 8.42 Å². The first-order chi connectivity index (χ1) is 9.17. The molecule has 0 amide bonds. The van der Waals surface area contributed by atoms with Gasteiger partial charge in [-0.1, -0.05) is 6.92 Å². The highest BCUT2D eigenvalue weighted by Crippen LogP contribution is 2.32. The average molecular weight is 305 g/mol. The van der Waals surface area contributed by atoms with E-state index in [0.29, 0.717) is 18.8 Å². The Labute approximate surface area is 122 Å². The zero-order valence-electron chi connectivity index (χ0n) is 12.6. The molecule has 0 aromatic carbocycles. The van der Waals surface area contributed by atoms with Crippen molar-refractivity contribution < 1.29 is 13.2 Å². The van der Waals surface area contributed by atoms with Crippen LogP contribution in [0.2, 0.25) is 0 Å². The lowest BCUT2D eigenvalue weighted by atomic mass is 9.77. The van der Waals surface area contributed by atoms with Gasteiger partial charge in [-0.3, -0.25) is 5.41 Å². The maximum Gasteiger partial charge on any atom is 0.214 e. The summed E-state index contributed by atoms with van der Waals surface area (Å²) >= 11 is 0. The van der Waals surface area contributed by atoms with Gasteiger partial charge >= 0.3 is 0 Å². The summed E-state index contributed by atoms with van der Waals surface area (Å²) in [7, 11) is -3.49. The number of ether oxygens (including phenoxy) is 1. The van der Waals surface area contributed by atoms with Crippen LogP contribution in [0, 0.1) is 11.3 Å². The second-order valence-corrected chi connectivity index (χ2v) is 7.86. The lowest BCUT2D eigenvalue weighted by Gasteiger charge is -2.38. The van der Waals surface area contributed by atoms with Crippen LogP contribution in [0.25, 0.3) is 0 Å². The first-order valence-electron chi connectivity index (χ1n) is 7.14. The minimum atomic E-state index is -3.49. The van der Waals surface area contributed by atoms with Gasteiger partial charge in [-0.15, -0.1) is 0 Å². The summed E-state index contributed by atoms with van der Waals surface area (Å²) in [5.41, 5.74) is 4.76. The zero-order chi connectivity index (χ0) is 15.4. The molecule has 0 spiro atoms. The average Bonchev–Trinajstić information content (AvgIpc) is 2.31. The van der Waals surface area contributed by atoms with E-state index in [4.69, 9.17) is 15.9 Å². The van der Waals surface area contributed by atoms with Gasteiger partial charge in [0.25, 0.3) is 0 Å². The molecule has 1 aliphatic rings. The molecule has 0 aromatic heterocycles. The van der Waals surface area contributed by atoms with E-state index in [2.05, 4.69) is 11.6 Å². The highest BCUT2D eigenvalue weighted by molar-refractivity contribution is 7.89. The number of hydrogen-bond acceptors (Lipinski definition) is 4. The Hall–Kier alpha value is -0.660. The fourth-order valence-electron chi connectivity index (χ4n) is 2.42. The van der Waals surface area contributed by atoms with Crippen LogP contribution < -0.4 is 10.5 Å². The third kappa shape index (κ3) is 5.03. The van der Waals surface area contributed by atoms with Crippen molar-refractivity contribution in [2.45, 2.75) is 58.1 Å². The Balaban J connectivity index is 2.68. The lowest BCUT2D eigenvalue weighted by molar-refractivity contribution is 0.0910. The fourth-order valence-corrected chi connectivity index (χ4v) is 3.75. The molecule has 0 aromatic rings. The molecule has 0 saturated heterocycles. The summed E-state index contributed by atoms with van der Waals surface area (Å²) in [6.45, 7) is 6.01. The summed E-state index contributed by atoms with van der Waals surface area (Å²) in [5.74, 6) is 0.365. The van der Waals surface area contributed by atoms with Gasteiger partial charge in [0, 0.05) is 0 Å². The summed E-state index contributed by atoms with van der Waals surface area (Å²) in [6, 6.07) is 0. The molecule has 1 saturated carbocycles. The quantitative estimate of drug-likeness (QED) is 0.485. The second kappa shape index (κ2) is 6.87. The van der Waals surface area contributed by atoms with Crippen LogP contribution in [-0.2, 0) is 14.8 Å². The van der Waals surface area contributed by atoms with Crippen LogP contribution in [0.3, 0.4) is 0 Å². The van der Waals surface area contributed by atoms with Gasteiger partial charge in [-0.05, 0) is 45.4 Å². The third-order valence-electron chi connectivity index (χ3n) is 3.80. The second-order valence-electron chi connectivity index (χ2n) is 6.02. The molecule has 0 heterocycles. The van der Waals surface area contributed by atoms with E-state index in [1.807, 2.05) is 13.8 Å². The standard InChI is InChI=1S/C13H27N3O3S/c1-10(2)19-8-9-20(17,18)16-13(12(14)15)6-4-11(3)5-7-13/h10-11,16H,4-9H2,1-3H3,(H3,14,15). The topological polar surface area (TPSA) is 105 Å². The van der Waals surface area contributed by atoms with Crippen LogP contribution in [0.15, 0.2) is 0 Å². The van der Waals surface area contributed by atoms with Crippen LogP contribution in [0.1, 0.15) is 46.5 Å². The normalized spacial score (nSPS) is 27.7. The minimum Gasteiger partial charge on any atom is -0.386 e. The maximum atomic E-state index is 12.1. The number of hydrogen-bond donors (Lipinski definition) is 3. The van der Waals surface area contributed by atoms with Crippen LogP contribution in [0.5, 0.6) is 0 Å². The third-order valence-corrected chi connectivity index (χ3v) is 5.20. The van der Waals surface area contributed by atoms with Gasteiger partial charge < -0.3 is 10.5 Å². The predicted molar refractivity (Wildman–Crippen MR) is 80.3 cm³/mol. The number of rotatable bonds is 7. The van der Waals surface area contributed by atoms with E-state index in [-0.39, 0.29) is 24.3 Å². The SMILES string of the molecule is CC1CCC(NS(=O)(=O)CCOC(C)C)(C(=N)N)CC1. The minimum absolute atomic E-state index is 0.00231. The largest absolute Gasteiger partial charge is 0.386 e. The van der Waals surface area contributed by atoms with Crippen molar-refractivity contribution in [3.63, 3.8) is 0 Å². The summed E-state index contributed by atoms with van der Waals surface area (Å²) < 4.78 is 32.2. The van der Waals surface area contributed by atoms with E-state index in [1.54, 1.807) is 0 Å². The van der Waals surface area contributed by atoms with Crippen LogP contribution >= 0.6 is 0 Å². The molecule has 1 fully saturated rings. The van der Waals surface area contributed by atoms with Gasteiger partial charge in [0.1, 0.15) is 5.84 Å². The van der Waals surface area contributed by atoms with Crippen molar-refractivity contribution >= 4 is 15.9 Å². The van der Waals surface area contributed by atoms with Crippen molar-refractivity contribution in [3.8, 4) is 0 Å².